The molecule has 0 bridgehead atoms. The molecule has 1 nitrogen and oxygen atoms in total. The van der Waals surface area contributed by atoms with Crippen molar-refractivity contribution in [1.82, 2.24) is 5.32 Å². The third-order valence-electron chi connectivity index (χ3n) is 4.29. The molecule has 0 aromatic carbocycles. The molecule has 1 rings (SSSR count). The predicted molar refractivity (Wildman–Crippen MR) is 77.2 cm³/mol. The van der Waals surface area contributed by atoms with Crippen LogP contribution in [0.2, 0.25) is 0 Å². The molecule has 1 fully saturated rings. The van der Waals surface area contributed by atoms with Crippen molar-refractivity contribution in [2.75, 3.05) is 6.54 Å². The fourth-order valence-electron chi connectivity index (χ4n) is 3.71. The lowest BCUT2D eigenvalue weighted by molar-refractivity contribution is 0.179. The van der Waals surface area contributed by atoms with E-state index in [0.29, 0.717) is 0 Å². The van der Waals surface area contributed by atoms with Crippen molar-refractivity contribution in [2.24, 2.45) is 23.7 Å². The van der Waals surface area contributed by atoms with E-state index in [-0.39, 0.29) is 0 Å². The van der Waals surface area contributed by atoms with Gasteiger partial charge in [-0.1, -0.05) is 34.6 Å². The minimum absolute atomic E-state index is 0.797. The average molecular weight is 239 g/mol. The monoisotopic (exact) mass is 239 g/mol. The van der Waals surface area contributed by atoms with Crippen LogP contribution in [0.1, 0.15) is 66.7 Å². The van der Waals surface area contributed by atoms with Gasteiger partial charge < -0.3 is 5.32 Å². The first-order valence-corrected chi connectivity index (χ1v) is 7.76. The summed E-state index contributed by atoms with van der Waals surface area (Å²) in [5.74, 6) is 3.61. The minimum atomic E-state index is 0.797. The van der Waals surface area contributed by atoms with Crippen LogP contribution in [0, 0.1) is 23.7 Å². The summed E-state index contributed by atoms with van der Waals surface area (Å²) in [5, 5.41) is 3.71. The molecule has 17 heavy (non-hydrogen) atoms. The molecule has 1 saturated carbocycles. The minimum Gasteiger partial charge on any atom is -0.314 e. The summed E-state index contributed by atoms with van der Waals surface area (Å²) < 4.78 is 0. The second-order valence-corrected chi connectivity index (χ2v) is 6.81. The number of hydrogen-bond acceptors (Lipinski definition) is 1. The lowest BCUT2D eigenvalue weighted by atomic mass is 9.74. The summed E-state index contributed by atoms with van der Waals surface area (Å²) in [6, 6.07) is 0.797. The lowest BCUT2D eigenvalue weighted by Crippen LogP contribution is -2.40. The summed E-state index contributed by atoms with van der Waals surface area (Å²) in [7, 11) is 0. The van der Waals surface area contributed by atoms with Gasteiger partial charge in [0.25, 0.3) is 0 Å². The van der Waals surface area contributed by atoms with Crippen LogP contribution in [0.4, 0.5) is 0 Å². The topological polar surface area (TPSA) is 12.0 Å². The first-order valence-electron chi connectivity index (χ1n) is 7.76. The Kier molecular flexibility index (Phi) is 6.54. The number of hydrogen-bond donors (Lipinski definition) is 1. The van der Waals surface area contributed by atoms with Gasteiger partial charge in [-0.25, -0.2) is 0 Å². The maximum absolute atomic E-state index is 3.71. The smallest absolute Gasteiger partial charge is 0.00955 e. The largest absolute Gasteiger partial charge is 0.314 e. The Labute approximate surface area is 109 Å². The summed E-state index contributed by atoms with van der Waals surface area (Å²) >= 11 is 0. The van der Waals surface area contributed by atoms with E-state index >= 15 is 0 Å². The molecule has 0 amide bonds. The highest BCUT2D eigenvalue weighted by Gasteiger charge is 2.29. The van der Waals surface area contributed by atoms with Gasteiger partial charge in [-0.3, -0.25) is 0 Å². The molecule has 102 valence electrons. The van der Waals surface area contributed by atoms with Crippen molar-refractivity contribution in [3.8, 4) is 0 Å². The molecule has 0 aliphatic heterocycles. The quantitative estimate of drug-likeness (QED) is 0.721. The highest BCUT2D eigenvalue weighted by Crippen LogP contribution is 2.34. The van der Waals surface area contributed by atoms with Gasteiger partial charge in [0.1, 0.15) is 0 Å². The molecule has 4 unspecified atom stereocenters. The summed E-state index contributed by atoms with van der Waals surface area (Å²) in [5.41, 5.74) is 0. The fraction of sp³-hybridized carbons (Fsp3) is 1.00. The number of rotatable bonds is 6. The van der Waals surface area contributed by atoms with E-state index in [1.54, 1.807) is 0 Å². The highest BCUT2D eigenvalue weighted by molar-refractivity contribution is 4.84. The Balaban J connectivity index is 2.45. The highest BCUT2D eigenvalue weighted by atomic mass is 14.9. The van der Waals surface area contributed by atoms with Crippen LogP contribution in [0.3, 0.4) is 0 Å². The van der Waals surface area contributed by atoms with Crippen LogP contribution in [0.15, 0.2) is 0 Å². The van der Waals surface area contributed by atoms with Crippen molar-refractivity contribution >= 4 is 0 Å². The van der Waals surface area contributed by atoms with E-state index in [0.717, 1.165) is 36.3 Å². The molecule has 1 heteroatoms. The van der Waals surface area contributed by atoms with Gasteiger partial charge in [-0.2, -0.15) is 0 Å². The van der Waals surface area contributed by atoms with Gasteiger partial charge in [-0.05, 0) is 62.3 Å². The van der Waals surface area contributed by atoms with Crippen LogP contribution in [-0.2, 0) is 0 Å². The summed E-state index contributed by atoms with van der Waals surface area (Å²) in [6.07, 6.45) is 7.09. The van der Waals surface area contributed by atoms with E-state index in [2.05, 4.69) is 39.9 Å². The van der Waals surface area contributed by atoms with Gasteiger partial charge in [0, 0.05) is 6.04 Å². The second kappa shape index (κ2) is 7.41. The van der Waals surface area contributed by atoms with Crippen LogP contribution in [0.25, 0.3) is 0 Å². The Hall–Kier alpha value is -0.0400. The Morgan fingerprint density at radius 2 is 1.88 bits per heavy atom. The van der Waals surface area contributed by atoms with Gasteiger partial charge in [0.05, 0.1) is 0 Å². The average Bonchev–Trinajstić information content (AvgIpc) is 2.21. The van der Waals surface area contributed by atoms with Crippen molar-refractivity contribution in [3.05, 3.63) is 0 Å². The molecule has 1 aliphatic carbocycles. The van der Waals surface area contributed by atoms with Crippen molar-refractivity contribution < 1.29 is 0 Å². The standard InChI is InChI=1S/C16H33N/c1-6-17-16-8-7-13(4)10-15(16)11-14(5)9-12(2)3/h12-17H,6-11H2,1-5H3. The third kappa shape index (κ3) is 5.42. The molecule has 0 spiro atoms. The third-order valence-corrected chi connectivity index (χ3v) is 4.29. The van der Waals surface area contributed by atoms with E-state index in [4.69, 9.17) is 0 Å². The molecule has 0 aromatic rings. The molecule has 4 atom stereocenters. The van der Waals surface area contributed by atoms with Crippen LogP contribution >= 0.6 is 0 Å². The molecule has 0 radical (unpaired) electrons. The van der Waals surface area contributed by atoms with Crippen LogP contribution in [0.5, 0.6) is 0 Å². The lowest BCUT2D eigenvalue weighted by Gasteiger charge is -2.37. The number of nitrogens with one attached hydrogen (secondary N) is 1. The Morgan fingerprint density at radius 3 is 2.47 bits per heavy atom. The molecular weight excluding hydrogens is 206 g/mol. The first-order chi connectivity index (χ1) is 8.02. The van der Waals surface area contributed by atoms with Crippen LogP contribution in [-0.4, -0.2) is 12.6 Å². The Morgan fingerprint density at radius 1 is 1.18 bits per heavy atom. The maximum atomic E-state index is 3.71. The van der Waals surface area contributed by atoms with Crippen molar-refractivity contribution in [3.63, 3.8) is 0 Å². The van der Waals surface area contributed by atoms with Gasteiger partial charge in [0.15, 0.2) is 0 Å². The fourth-order valence-corrected chi connectivity index (χ4v) is 3.71. The van der Waals surface area contributed by atoms with E-state index in [1.165, 1.54) is 32.1 Å². The summed E-state index contributed by atoms with van der Waals surface area (Å²) in [6.45, 7) is 13.0. The summed E-state index contributed by atoms with van der Waals surface area (Å²) in [4.78, 5) is 0. The first kappa shape index (κ1) is 15.0. The molecular formula is C16H33N. The van der Waals surface area contributed by atoms with Crippen molar-refractivity contribution in [1.29, 1.82) is 0 Å². The van der Waals surface area contributed by atoms with Gasteiger partial charge in [-0.15, -0.1) is 0 Å². The molecule has 0 aromatic heterocycles. The zero-order valence-electron chi connectivity index (χ0n) is 12.6. The van der Waals surface area contributed by atoms with E-state index in [9.17, 15) is 0 Å². The maximum Gasteiger partial charge on any atom is 0.00955 e. The molecule has 1 aliphatic rings. The van der Waals surface area contributed by atoms with Crippen LogP contribution < -0.4 is 5.32 Å². The predicted octanol–water partition coefficient (Wildman–Crippen LogP) is 4.47. The zero-order valence-corrected chi connectivity index (χ0v) is 12.6. The molecule has 0 heterocycles. The van der Waals surface area contributed by atoms with Gasteiger partial charge in [0.2, 0.25) is 0 Å². The molecule has 1 N–H and O–H groups in total. The van der Waals surface area contributed by atoms with Crippen molar-refractivity contribution in [2.45, 2.75) is 72.8 Å². The Bertz CT molecular complexity index is 200. The SMILES string of the molecule is CCNC1CCC(C)CC1CC(C)CC(C)C. The van der Waals surface area contributed by atoms with Gasteiger partial charge >= 0.3 is 0 Å². The zero-order chi connectivity index (χ0) is 12.8. The van der Waals surface area contributed by atoms with E-state index in [1.807, 2.05) is 0 Å². The molecule has 0 saturated heterocycles. The normalized spacial score (nSPS) is 31.8. The van der Waals surface area contributed by atoms with E-state index < -0.39 is 0 Å². The second-order valence-electron chi connectivity index (χ2n) is 6.81.